The van der Waals surface area contributed by atoms with Gasteiger partial charge in [0.15, 0.2) is 4.90 Å². The van der Waals surface area contributed by atoms with Gasteiger partial charge in [-0.15, -0.1) is 0 Å². The first-order valence-electron chi connectivity index (χ1n) is 7.36. The number of sulfonamides is 1. The minimum absolute atomic E-state index is 0.0193. The van der Waals surface area contributed by atoms with E-state index in [0.29, 0.717) is 17.8 Å². The number of aryl methyl sites for hydroxylation is 1. The molecular weight excluding hydrogens is 380 g/mol. The topological polar surface area (TPSA) is 110 Å². The largest absolute Gasteiger partial charge is 0.350 e. The highest BCUT2D eigenvalue weighted by Crippen LogP contribution is 2.23. The zero-order chi connectivity index (χ0) is 19.8. The highest BCUT2D eigenvalue weighted by molar-refractivity contribution is 7.92. The SMILES string of the molecule is Cn1cnn(-c2ccc(NS(=O)(=O)c3c(F)cc(C#N)cc3F)cc2)c1=O. The number of rotatable bonds is 4. The molecule has 1 N–H and O–H groups in total. The van der Waals surface area contributed by atoms with Crippen molar-refractivity contribution >= 4 is 15.7 Å². The molecule has 0 spiro atoms. The maximum atomic E-state index is 14.0. The number of hydrogen-bond acceptors (Lipinski definition) is 5. The first-order chi connectivity index (χ1) is 12.7. The van der Waals surface area contributed by atoms with Crippen LogP contribution in [-0.2, 0) is 17.1 Å². The molecule has 0 fully saturated rings. The second-order valence-corrected chi connectivity index (χ2v) is 7.09. The Morgan fingerprint density at radius 1 is 1.15 bits per heavy atom. The lowest BCUT2D eigenvalue weighted by molar-refractivity contribution is 0.520. The van der Waals surface area contributed by atoms with Gasteiger partial charge < -0.3 is 0 Å². The molecule has 3 rings (SSSR count). The Balaban J connectivity index is 1.92. The van der Waals surface area contributed by atoms with E-state index >= 15 is 0 Å². The van der Waals surface area contributed by atoms with E-state index in [4.69, 9.17) is 5.26 Å². The number of nitriles is 1. The van der Waals surface area contributed by atoms with Crippen LogP contribution in [0.15, 0.2) is 52.4 Å². The van der Waals surface area contributed by atoms with Crippen LogP contribution < -0.4 is 10.4 Å². The van der Waals surface area contributed by atoms with Crippen LogP contribution in [0, 0.1) is 23.0 Å². The monoisotopic (exact) mass is 391 g/mol. The summed E-state index contributed by atoms with van der Waals surface area (Å²) in [6.07, 6.45) is 1.31. The summed E-state index contributed by atoms with van der Waals surface area (Å²) in [5.74, 6) is -2.76. The van der Waals surface area contributed by atoms with Gasteiger partial charge in [-0.3, -0.25) is 9.29 Å². The fourth-order valence-corrected chi connectivity index (χ4v) is 3.49. The Labute approximate surface area is 152 Å². The fraction of sp³-hybridized carbons (Fsp3) is 0.0625. The van der Waals surface area contributed by atoms with E-state index in [1.165, 1.54) is 48.3 Å². The standard InChI is InChI=1S/C16H11F2N5O3S/c1-22-9-20-23(16(22)24)12-4-2-11(3-5-12)21-27(25,26)15-13(17)6-10(8-19)7-14(15)18/h2-7,9,21H,1H3. The van der Waals surface area contributed by atoms with E-state index < -0.39 is 32.2 Å². The number of nitrogens with zero attached hydrogens (tertiary/aromatic N) is 4. The molecular formula is C16H11F2N5O3S. The molecule has 0 saturated carbocycles. The molecule has 0 unspecified atom stereocenters. The molecule has 0 amide bonds. The lowest BCUT2D eigenvalue weighted by Crippen LogP contribution is -2.21. The Morgan fingerprint density at radius 3 is 2.22 bits per heavy atom. The molecule has 3 aromatic rings. The molecule has 0 aliphatic carbocycles. The zero-order valence-electron chi connectivity index (χ0n) is 13.7. The highest BCUT2D eigenvalue weighted by Gasteiger charge is 2.25. The molecule has 27 heavy (non-hydrogen) atoms. The number of halogens is 2. The van der Waals surface area contributed by atoms with Crippen molar-refractivity contribution in [2.24, 2.45) is 7.05 Å². The Bertz CT molecular complexity index is 1200. The maximum Gasteiger partial charge on any atom is 0.350 e. The van der Waals surface area contributed by atoms with Gasteiger partial charge in [0, 0.05) is 12.7 Å². The summed E-state index contributed by atoms with van der Waals surface area (Å²) in [5, 5.41) is 12.6. The molecule has 0 bridgehead atoms. The van der Waals surface area contributed by atoms with Crippen molar-refractivity contribution in [3.63, 3.8) is 0 Å². The van der Waals surface area contributed by atoms with Crippen LogP contribution in [0.2, 0.25) is 0 Å². The van der Waals surface area contributed by atoms with E-state index in [0.717, 1.165) is 4.68 Å². The third kappa shape index (κ3) is 3.42. The Hall–Kier alpha value is -3.52. The van der Waals surface area contributed by atoms with Gasteiger partial charge in [0.2, 0.25) is 0 Å². The van der Waals surface area contributed by atoms with Crippen molar-refractivity contribution in [2.75, 3.05) is 4.72 Å². The first-order valence-corrected chi connectivity index (χ1v) is 8.84. The van der Waals surface area contributed by atoms with Crippen molar-refractivity contribution in [2.45, 2.75) is 4.90 Å². The van der Waals surface area contributed by atoms with Gasteiger partial charge in [0.1, 0.15) is 18.0 Å². The van der Waals surface area contributed by atoms with Crippen molar-refractivity contribution in [3.8, 4) is 11.8 Å². The van der Waals surface area contributed by atoms with E-state index in [1.807, 2.05) is 4.72 Å². The molecule has 1 aromatic heterocycles. The second-order valence-electron chi connectivity index (χ2n) is 5.47. The average molecular weight is 391 g/mol. The highest BCUT2D eigenvalue weighted by atomic mass is 32.2. The molecule has 0 aliphatic heterocycles. The molecule has 0 radical (unpaired) electrons. The van der Waals surface area contributed by atoms with Crippen LogP contribution in [-0.4, -0.2) is 22.8 Å². The maximum absolute atomic E-state index is 14.0. The minimum atomic E-state index is -4.58. The van der Waals surface area contributed by atoms with Gasteiger partial charge >= 0.3 is 5.69 Å². The summed E-state index contributed by atoms with van der Waals surface area (Å²) >= 11 is 0. The van der Waals surface area contributed by atoms with Gasteiger partial charge in [-0.2, -0.15) is 15.0 Å². The Kier molecular flexibility index (Phi) is 4.50. The van der Waals surface area contributed by atoms with Crippen LogP contribution in [0.25, 0.3) is 5.69 Å². The van der Waals surface area contributed by atoms with Crippen LogP contribution in [0.1, 0.15) is 5.56 Å². The molecule has 2 aromatic carbocycles. The van der Waals surface area contributed by atoms with E-state index in [1.54, 1.807) is 0 Å². The molecule has 0 aliphatic rings. The number of hydrogen-bond donors (Lipinski definition) is 1. The first kappa shape index (κ1) is 18.3. The van der Waals surface area contributed by atoms with Gasteiger partial charge in [0.25, 0.3) is 10.0 Å². The molecule has 0 saturated heterocycles. The number of anilines is 1. The van der Waals surface area contributed by atoms with E-state index in [2.05, 4.69) is 5.10 Å². The summed E-state index contributed by atoms with van der Waals surface area (Å²) in [6.45, 7) is 0. The van der Waals surface area contributed by atoms with Gasteiger partial charge in [-0.1, -0.05) is 0 Å². The lowest BCUT2D eigenvalue weighted by atomic mass is 10.2. The number of nitrogens with one attached hydrogen (secondary N) is 1. The van der Waals surface area contributed by atoms with Crippen LogP contribution >= 0.6 is 0 Å². The summed E-state index contributed by atoms with van der Waals surface area (Å²) < 4.78 is 57.0. The van der Waals surface area contributed by atoms with Gasteiger partial charge in [-0.05, 0) is 36.4 Å². The predicted octanol–water partition coefficient (Wildman–Crippen LogP) is 1.52. The van der Waals surface area contributed by atoms with Crippen molar-refractivity contribution in [1.29, 1.82) is 5.26 Å². The van der Waals surface area contributed by atoms with Gasteiger partial charge in [-0.25, -0.2) is 22.0 Å². The molecule has 1 heterocycles. The number of aromatic nitrogens is 3. The second kappa shape index (κ2) is 6.65. The predicted molar refractivity (Wildman–Crippen MR) is 90.7 cm³/mol. The zero-order valence-corrected chi connectivity index (χ0v) is 14.5. The minimum Gasteiger partial charge on any atom is -0.284 e. The van der Waals surface area contributed by atoms with E-state index in [-0.39, 0.29) is 11.3 Å². The third-order valence-electron chi connectivity index (χ3n) is 3.58. The molecule has 138 valence electrons. The summed E-state index contributed by atoms with van der Waals surface area (Å²) in [4.78, 5) is 10.7. The van der Waals surface area contributed by atoms with Crippen molar-refractivity contribution in [1.82, 2.24) is 14.3 Å². The molecule has 0 atom stereocenters. The van der Waals surface area contributed by atoms with Crippen LogP contribution in [0.4, 0.5) is 14.5 Å². The Morgan fingerprint density at radius 2 is 1.74 bits per heavy atom. The number of benzene rings is 2. The molecule has 8 nitrogen and oxygen atoms in total. The third-order valence-corrected chi connectivity index (χ3v) is 5.02. The van der Waals surface area contributed by atoms with Crippen LogP contribution in [0.3, 0.4) is 0 Å². The van der Waals surface area contributed by atoms with Crippen molar-refractivity contribution in [3.05, 3.63) is 70.4 Å². The molecule has 11 heteroatoms. The average Bonchev–Trinajstić information content (AvgIpc) is 2.93. The van der Waals surface area contributed by atoms with Crippen molar-refractivity contribution < 1.29 is 17.2 Å². The fourth-order valence-electron chi connectivity index (χ4n) is 2.31. The van der Waals surface area contributed by atoms with E-state index in [9.17, 15) is 22.0 Å². The lowest BCUT2D eigenvalue weighted by Gasteiger charge is -2.10. The quantitative estimate of drug-likeness (QED) is 0.725. The van der Waals surface area contributed by atoms with Gasteiger partial charge in [0.05, 0.1) is 17.3 Å². The normalized spacial score (nSPS) is 11.2. The summed E-state index contributed by atoms with van der Waals surface area (Å²) in [5.41, 5.74) is -0.343. The summed E-state index contributed by atoms with van der Waals surface area (Å²) in [7, 11) is -3.06. The summed E-state index contributed by atoms with van der Waals surface area (Å²) in [6, 6.07) is 8.26. The smallest absolute Gasteiger partial charge is 0.284 e. The van der Waals surface area contributed by atoms with Crippen LogP contribution in [0.5, 0.6) is 0 Å².